The number of nitrogens with one attached hydrogen (secondary N) is 1. The van der Waals surface area contributed by atoms with Gasteiger partial charge in [0.2, 0.25) is 5.75 Å². The van der Waals surface area contributed by atoms with E-state index in [1.54, 1.807) is 35.2 Å². The third kappa shape index (κ3) is 4.02. The van der Waals surface area contributed by atoms with Crippen LogP contribution in [0.2, 0.25) is 0 Å². The van der Waals surface area contributed by atoms with Crippen LogP contribution in [0.15, 0.2) is 12.1 Å². The zero-order chi connectivity index (χ0) is 15.3. The Labute approximate surface area is 120 Å². The van der Waals surface area contributed by atoms with Gasteiger partial charge in [0.15, 0.2) is 11.5 Å². The molecule has 0 aromatic heterocycles. The van der Waals surface area contributed by atoms with Crippen molar-refractivity contribution in [1.29, 1.82) is 0 Å². The maximum atomic E-state index is 9.92. The van der Waals surface area contributed by atoms with E-state index < -0.39 is 5.60 Å². The van der Waals surface area contributed by atoms with Crippen molar-refractivity contribution in [3.05, 3.63) is 17.7 Å². The molecule has 0 aliphatic rings. The van der Waals surface area contributed by atoms with Crippen LogP contribution in [-0.4, -0.2) is 38.1 Å². The summed E-state index contributed by atoms with van der Waals surface area (Å²) >= 11 is 0. The van der Waals surface area contributed by atoms with E-state index in [4.69, 9.17) is 14.2 Å². The molecule has 0 saturated heterocycles. The fourth-order valence-electron chi connectivity index (χ4n) is 1.76. The van der Waals surface area contributed by atoms with Gasteiger partial charge in [-0.25, -0.2) is 0 Å². The summed E-state index contributed by atoms with van der Waals surface area (Å²) in [4.78, 5) is 0. The van der Waals surface area contributed by atoms with Crippen molar-refractivity contribution >= 4 is 0 Å². The molecule has 0 bridgehead atoms. The number of aliphatic hydroxyl groups is 1. The monoisotopic (exact) mass is 283 g/mol. The number of rotatable bonds is 7. The number of methoxy groups -OCH3 is 3. The molecule has 5 nitrogen and oxygen atoms in total. The highest BCUT2D eigenvalue weighted by Gasteiger charge is 2.22. The molecule has 5 heteroatoms. The Bertz CT molecular complexity index is 415. The molecule has 0 heterocycles. The van der Waals surface area contributed by atoms with Crippen molar-refractivity contribution in [1.82, 2.24) is 5.32 Å². The first-order chi connectivity index (χ1) is 9.33. The van der Waals surface area contributed by atoms with Crippen molar-refractivity contribution in [2.24, 2.45) is 0 Å². The molecule has 0 amide bonds. The molecule has 1 aromatic rings. The highest BCUT2D eigenvalue weighted by Crippen LogP contribution is 2.38. The summed E-state index contributed by atoms with van der Waals surface area (Å²) in [6.07, 6.45) is 0. The standard InChI is InChI=1S/C15H25NO4/c1-10(15(2,3)17)16-9-11-7-12(18-4)14(20-6)13(8-11)19-5/h7-8,10,16-17H,9H2,1-6H3. The first-order valence-electron chi connectivity index (χ1n) is 6.58. The lowest BCUT2D eigenvalue weighted by molar-refractivity contribution is 0.0437. The maximum Gasteiger partial charge on any atom is 0.203 e. The lowest BCUT2D eigenvalue weighted by Crippen LogP contribution is -2.44. The molecule has 0 spiro atoms. The first kappa shape index (κ1) is 16.6. The summed E-state index contributed by atoms with van der Waals surface area (Å²) in [7, 11) is 4.76. The Kier molecular flexibility index (Phi) is 5.65. The van der Waals surface area contributed by atoms with E-state index in [1.807, 2.05) is 19.1 Å². The highest BCUT2D eigenvalue weighted by molar-refractivity contribution is 5.53. The molecule has 1 unspecified atom stereocenters. The van der Waals surface area contributed by atoms with Gasteiger partial charge in [0.05, 0.1) is 26.9 Å². The van der Waals surface area contributed by atoms with Crippen molar-refractivity contribution < 1.29 is 19.3 Å². The topological polar surface area (TPSA) is 60.0 Å². The Hall–Kier alpha value is -1.46. The molecule has 0 saturated carbocycles. The zero-order valence-corrected chi connectivity index (χ0v) is 13.1. The predicted molar refractivity (Wildman–Crippen MR) is 78.7 cm³/mol. The van der Waals surface area contributed by atoms with Crippen LogP contribution in [0.3, 0.4) is 0 Å². The molecule has 1 rings (SSSR count). The number of ether oxygens (including phenoxy) is 3. The van der Waals surface area contributed by atoms with Crippen LogP contribution in [0, 0.1) is 0 Å². The third-order valence-corrected chi connectivity index (χ3v) is 3.40. The first-order valence-corrected chi connectivity index (χ1v) is 6.58. The predicted octanol–water partition coefficient (Wildman–Crippen LogP) is 1.96. The molecular weight excluding hydrogens is 258 g/mol. The van der Waals surface area contributed by atoms with Crippen molar-refractivity contribution in [2.75, 3.05) is 21.3 Å². The second-order valence-electron chi connectivity index (χ2n) is 5.29. The summed E-state index contributed by atoms with van der Waals surface area (Å²) in [5, 5.41) is 13.2. The van der Waals surface area contributed by atoms with Gasteiger partial charge in [0.1, 0.15) is 0 Å². The maximum absolute atomic E-state index is 9.92. The molecule has 0 aliphatic heterocycles. The summed E-state index contributed by atoms with van der Waals surface area (Å²) in [5.41, 5.74) is 0.219. The fraction of sp³-hybridized carbons (Fsp3) is 0.600. The van der Waals surface area contributed by atoms with Crippen molar-refractivity contribution in [3.8, 4) is 17.2 Å². The van der Waals surface area contributed by atoms with Crippen LogP contribution in [0.5, 0.6) is 17.2 Å². The Morgan fingerprint density at radius 1 is 1.10 bits per heavy atom. The van der Waals surface area contributed by atoms with E-state index in [9.17, 15) is 5.11 Å². The second-order valence-corrected chi connectivity index (χ2v) is 5.29. The van der Waals surface area contributed by atoms with Gasteiger partial charge >= 0.3 is 0 Å². The summed E-state index contributed by atoms with van der Waals surface area (Å²) in [6.45, 7) is 6.10. The van der Waals surface area contributed by atoms with Crippen molar-refractivity contribution in [2.45, 2.75) is 39.0 Å². The van der Waals surface area contributed by atoms with Gasteiger partial charge in [-0.1, -0.05) is 0 Å². The molecule has 1 aromatic carbocycles. The molecule has 0 aliphatic carbocycles. The smallest absolute Gasteiger partial charge is 0.203 e. The lowest BCUT2D eigenvalue weighted by Gasteiger charge is -2.27. The third-order valence-electron chi connectivity index (χ3n) is 3.40. The molecular formula is C15H25NO4. The Balaban J connectivity index is 2.91. The van der Waals surface area contributed by atoms with E-state index in [1.165, 1.54) is 0 Å². The minimum Gasteiger partial charge on any atom is -0.493 e. The van der Waals surface area contributed by atoms with Gasteiger partial charge in [-0.05, 0) is 38.5 Å². The van der Waals surface area contributed by atoms with Crippen LogP contribution in [-0.2, 0) is 6.54 Å². The number of hydrogen-bond acceptors (Lipinski definition) is 5. The van der Waals surface area contributed by atoms with Gasteiger partial charge in [-0.15, -0.1) is 0 Å². The number of hydrogen-bond donors (Lipinski definition) is 2. The average Bonchev–Trinajstić information content (AvgIpc) is 2.42. The van der Waals surface area contributed by atoms with Crippen LogP contribution < -0.4 is 19.5 Å². The van der Waals surface area contributed by atoms with Crippen LogP contribution >= 0.6 is 0 Å². The molecule has 114 valence electrons. The van der Waals surface area contributed by atoms with Crippen molar-refractivity contribution in [3.63, 3.8) is 0 Å². The van der Waals surface area contributed by atoms with Gasteiger partial charge in [0, 0.05) is 12.6 Å². The van der Waals surface area contributed by atoms with Crippen LogP contribution in [0.25, 0.3) is 0 Å². The van der Waals surface area contributed by atoms with E-state index in [0.717, 1.165) is 5.56 Å². The summed E-state index contributed by atoms with van der Waals surface area (Å²) in [6, 6.07) is 3.75. The Morgan fingerprint density at radius 3 is 1.95 bits per heavy atom. The quantitative estimate of drug-likeness (QED) is 0.801. The second kappa shape index (κ2) is 6.81. The van der Waals surface area contributed by atoms with Gasteiger partial charge < -0.3 is 24.6 Å². The minimum absolute atomic E-state index is 0.0402. The highest BCUT2D eigenvalue weighted by atomic mass is 16.5. The normalized spacial score (nSPS) is 12.9. The zero-order valence-electron chi connectivity index (χ0n) is 13.1. The van der Waals surface area contributed by atoms with Crippen LogP contribution in [0.1, 0.15) is 26.3 Å². The van der Waals surface area contributed by atoms with E-state index in [-0.39, 0.29) is 6.04 Å². The lowest BCUT2D eigenvalue weighted by atomic mass is 10.0. The molecule has 0 fully saturated rings. The largest absolute Gasteiger partial charge is 0.493 e. The van der Waals surface area contributed by atoms with E-state index in [2.05, 4.69) is 5.32 Å². The van der Waals surface area contributed by atoms with Gasteiger partial charge in [-0.3, -0.25) is 0 Å². The molecule has 1 atom stereocenters. The molecule has 20 heavy (non-hydrogen) atoms. The summed E-state index contributed by atoms with van der Waals surface area (Å²) in [5.74, 6) is 1.83. The molecule has 0 radical (unpaired) electrons. The SMILES string of the molecule is COc1cc(CNC(C)C(C)(C)O)cc(OC)c1OC. The van der Waals surface area contributed by atoms with Crippen LogP contribution in [0.4, 0.5) is 0 Å². The summed E-state index contributed by atoms with van der Waals surface area (Å²) < 4.78 is 15.9. The van der Waals surface area contributed by atoms with Gasteiger partial charge in [0.25, 0.3) is 0 Å². The minimum atomic E-state index is -0.777. The average molecular weight is 283 g/mol. The van der Waals surface area contributed by atoms with E-state index in [0.29, 0.717) is 23.8 Å². The fourth-order valence-corrected chi connectivity index (χ4v) is 1.76. The molecule has 2 N–H and O–H groups in total. The number of benzene rings is 1. The van der Waals surface area contributed by atoms with Gasteiger partial charge in [-0.2, -0.15) is 0 Å². The Morgan fingerprint density at radius 2 is 1.60 bits per heavy atom. The van der Waals surface area contributed by atoms with E-state index >= 15 is 0 Å².